The first-order chi connectivity index (χ1) is 18.2. The first-order valence-electron chi connectivity index (χ1n) is 11.3. The lowest BCUT2D eigenvalue weighted by atomic mass is 10.1. The van der Waals surface area contributed by atoms with Gasteiger partial charge in [0, 0.05) is 24.1 Å². The summed E-state index contributed by atoms with van der Waals surface area (Å²) < 4.78 is 10.7. The summed E-state index contributed by atoms with van der Waals surface area (Å²) in [6.45, 7) is -0.630. The number of ketones is 1. The summed E-state index contributed by atoms with van der Waals surface area (Å²) >= 11 is 6.00. The molecule has 0 aromatic heterocycles. The van der Waals surface area contributed by atoms with E-state index in [1.807, 2.05) is 0 Å². The minimum atomic E-state index is -0.848. The number of esters is 1. The van der Waals surface area contributed by atoms with Crippen molar-refractivity contribution in [2.45, 2.75) is 6.42 Å². The standard InChI is InChI=1S/C26H20ClN3O8/c27-22-4-2-1-3-21(22)25(33)28-29-14-17(13-24(29)32)26(34)37-15-23(31)16-5-9-19(10-6-16)38-20-11-7-18(8-12-20)30(35)36/h1-12,17H,13-15H2,(H,28,33). The molecule has 0 bridgehead atoms. The number of carbonyl (C=O) groups is 4. The highest BCUT2D eigenvalue weighted by Crippen LogP contribution is 2.24. The molecule has 11 nitrogen and oxygen atoms in total. The highest BCUT2D eigenvalue weighted by molar-refractivity contribution is 6.33. The third-order valence-electron chi connectivity index (χ3n) is 5.62. The Morgan fingerprint density at radius 2 is 1.63 bits per heavy atom. The Labute approximate surface area is 221 Å². The van der Waals surface area contributed by atoms with E-state index in [1.54, 1.807) is 18.2 Å². The summed E-state index contributed by atoms with van der Waals surface area (Å²) in [6, 6.07) is 17.9. The number of carbonyl (C=O) groups excluding carboxylic acids is 4. The molecule has 38 heavy (non-hydrogen) atoms. The fourth-order valence-electron chi connectivity index (χ4n) is 3.62. The first kappa shape index (κ1) is 26.3. The zero-order chi connectivity index (χ0) is 27.2. The summed E-state index contributed by atoms with van der Waals surface area (Å²) in [7, 11) is 0. The fourth-order valence-corrected chi connectivity index (χ4v) is 3.84. The topological polar surface area (TPSA) is 145 Å². The molecule has 12 heteroatoms. The molecule has 0 spiro atoms. The summed E-state index contributed by atoms with van der Waals surface area (Å²) in [5.41, 5.74) is 2.82. The van der Waals surface area contributed by atoms with Gasteiger partial charge in [-0.25, -0.2) is 0 Å². The Bertz CT molecular complexity index is 1390. The van der Waals surface area contributed by atoms with Crippen molar-refractivity contribution in [3.05, 3.63) is 99.1 Å². The Morgan fingerprint density at radius 3 is 2.26 bits per heavy atom. The number of ether oxygens (including phenoxy) is 2. The number of non-ortho nitro benzene ring substituents is 1. The summed E-state index contributed by atoms with van der Waals surface area (Å²) in [5, 5.41) is 12.0. The average molecular weight is 538 g/mol. The van der Waals surface area contributed by atoms with Gasteiger partial charge in [0.15, 0.2) is 12.4 Å². The number of rotatable bonds is 9. The van der Waals surface area contributed by atoms with Gasteiger partial charge in [0.05, 0.1) is 28.0 Å². The Kier molecular flexibility index (Phi) is 7.97. The molecule has 0 radical (unpaired) electrons. The van der Waals surface area contributed by atoms with Crippen molar-refractivity contribution in [2.24, 2.45) is 5.92 Å². The van der Waals surface area contributed by atoms with E-state index in [2.05, 4.69) is 5.43 Å². The molecule has 1 saturated heterocycles. The predicted molar refractivity (Wildman–Crippen MR) is 134 cm³/mol. The van der Waals surface area contributed by atoms with Crippen LogP contribution in [-0.4, -0.2) is 46.7 Å². The van der Waals surface area contributed by atoms with E-state index < -0.39 is 41.0 Å². The molecule has 1 heterocycles. The van der Waals surface area contributed by atoms with Gasteiger partial charge in [0.1, 0.15) is 11.5 Å². The first-order valence-corrected chi connectivity index (χ1v) is 11.7. The molecule has 3 aromatic carbocycles. The van der Waals surface area contributed by atoms with Gasteiger partial charge in [-0.05, 0) is 48.5 Å². The molecule has 194 valence electrons. The van der Waals surface area contributed by atoms with Crippen LogP contribution in [0.1, 0.15) is 27.1 Å². The zero-order valence-corrected chi connectivity index (χ0v) is 20.4. The number of Topliss-reactive ketones (excluding diaryl/α,β-unsaturated/α-hetero) is 1. The van der Waals surface area contributed by atoms with Gasteiger partial charge in [0.2, 0.25) is 5.91 Å². The SMILES string of the molecule is O=C(COC(=O)C1CC(=O)N(NC(=O)c2ccccc2Cl)C1)c1ccc(Oc2ccc([N+](=O)[O-])cc2)cc1. The lowest BCUT2D eigenvalue weighted by molar-refractivity contribution is -0.384. The van der Waals surface area contributed by atoms with Gasteiger partial charge in [-0.1, -0.05) is 23.7 Å². The number of halogens is 1. The Balaban J connectivity index is 1.26. The summed E-state index contributed by atoms with van der Waals surface area (Å²) in [5.74, 6) is -2.33. The molecule has 1 aliphatic rings. The molecule has 0 saturated carbocycles. The third-order valence-corrected chi connectivity index (χ3v) is 5.95. The van der Waals surface area contributed by atoms with E-state index in [-0.39, 0.29) is 34.8 Å². The van der Waals surface area contributed by atoms with Crippen LogP contribution < -0.4 is 10.2 Å². The molecular weight excluding hydrogens is 518 g/mol. The molecule has 1 unspecified atom stereocenters. The van der Waals surface area contributed by atoms with E-state index in [0.717, 1.165) is 5.01 Å². The van der Waals surface area contributed by atoms with Gasteiger partial charge in [-0.2, -0.15) is 0 Å². The molecule has 3 aromatic rings. The van der Waals surface area contributed by atoms with E-state index >= 15 is 0 Å². The minimum absolute atomic E-state index is 0.0654. The largest absolute Gasteiger partial charge is 0.457 e. The van der Waals surface area contributed by atoms with Gasteiger partial charge < -0.3 is 9.47 Å². The maximum Gasteiger partial charge on any atom is 0.311 e. The van der Waals surface area contributed by atoms with Crippen LogP contribution in [0.15, 0.2) is 72.8 Å². The van der Waals surface area contributed by atoms with Crippen molar-refractivity contribution in [1.82, 2.24) is 10.4 Å². The van der Waals surface area contributed by atoms with E-state index in [4.69, 9.17) is 21.1 Å². The van der Waals surface area contributed by atoms with Crippen LogP contribution in [0.3, 0.4) is 0 Å². The quantitative estimate of drug-likeness (QED) is 0.187. The minimum Gasteiger partial charge on any atom is -0.457 e. The number of nitrogens with one attached hydrogen (secondary N) is 1. The lowest BCUT2D eigenvalue weighted by Crippen LogP contribution is -2.43. The van der Waals surface area contributed by atoms with Crippen molar-refractivity contribution in [2.75, 3.05) is 13.2 Å². The number of benzene rings is 3. The number of hydrogen-bond donors (Lipinski definition) is 1. The number of nitro groups is 1. The second-order valence-electron chi connectivity index (χ2n) is 8.23. The van der Waals surface area contributed by atoms with Crippen LogP contribution in [0.5, 0.6) is 11.5 Å². The molecule has 1 fully saturated rings. The monoisotopic (exact) mass is 537 g/mol. The van der Waals surface area contributed by atoms with Gasteiger partial charge in [-0.3, -0.25) is 39.7 Å². The van der Waals surface area contributed by atoms with Crippen molar-refractivity contribution in [3.8, 4) is 11.5 Å². The molecule has 0 aliphatic carbocycles. The van der Waals surface area contributed by atoms with E-state index in [9.17, 15) is 29.3 Å². The molecular formula is C26H20ClN3O8. The van der Waals surface area contributed by atoms with Gasteiger partial charge in [0.25, 0.3) is 11.6 Å². The normalized spacial score (nSPS) is 14.6. The molecule has 1 atom stereocenters. The zero-order valence-electron chi connectivity index (χ0n) is 19.7. The maximum absolute atomic E-state index is 12.5. The van der Waals surface area contributed by atoms with Crippen molar-refractivity contribution in [3.63, 3.8) is 0 Å². The number of hydrogen-bond acceptors (Lipinski definition) is 8. The molecule has 2 amide bonds. The van der Waals surface area contributed by atoms with Crippen molar-refractivity contribution >= 4 is 40.9 Å². The van der Waals surface area contributed by atoms with Crippen LogP contribution in [0.4, 0.5) is 5.69 Å². The number of amides is 2. The smallest absolute Gasteiger partial charge is 0.311 e. The summed E-state index contributed by atoms with van der Waals surface area (Å²) in [4.78, 5) is 59.8. The van der Waals surface area contributed by atoms with Crippen molar-refractivity contribution < 1.29 is 33.6 Å². The molecule has 4 rings (SSSR count). The van der Waals surface area contributed by atoms with Crippen LogP contribution >= 0.6 is 11.6 Å². The van der Waals surface area contributed by atoms with Crippen LogP contribution in [0.2, 0.25) is 5.02 Å². The van der Waals surface area contributed by atoms with E-state index in [1.165, 1.54) is 54.6 Å². The average Bonchev–Trinajstić information content (AvgIpc) is 3.28. The highest BCUT2D eigenvalue weighted by Gasteiger charge is 2.37. The number of nitrogens with zero attached hydrogens (tertiary/aromatic N) is 2. The fraction of sp³-hybridized carbons (Fsp3) is 0.154. The van der Waals surface area contributed by atoms with Crippen LogP contribution in [-0.2, 0) is 14.3 Å². The number of nitro benzene ring substituents is 1. The van der Waals surface area contributed by atoms with Crippen LogP contribution in [0, 0.1) is 16.0 Å². The predicted octanol–water partition coefficient (Wildman–Crippen LogP) is 3.96. The van der Waals surface area contributed by atoms with E-state index in [0.29, 0.717) is 11.5 Å². The van der Waals surface area contributed by atoms with Gasteiger partial charge >= 0.3 is 5.97 Å². The Hall–Kier alpha value is -4.77. The summed E-state index contributed by atoms with van der Waals surface area (Å²) in [6.07, 6.45) is -0.176. The molecule has 1 N–H and O–H groups in total. The second-order valence-corrected chi connectivity index (χ2v) is 8.64. The van der Waals surface area contributed by atoms with Crippen LogP contribution in [0.25, 0.3) is 0 Å². The maximum atomic E-state index is 12.5. The lowest BCUT2D eigenvalue weighted by Gasteiger charge is -2.18. The highest BCUT2D eigenvalue weighted by atomic mass is 35.5. The molecule has 1 aliphatic heterocycles. The van der Waals surface area contributed by atoms with Crippen molar-refractivity contribution in [1.29, 1.82) is 0 Å². The van der Waals surface area contributed by atoms with Gasteiger partial charge in [-0.15, -0.1) is 0 Å². The number of hydrazine groups is 1. The Morgan fingerprint density at radius 1 is 1.00 bits per heavy atom. The second kappa shape index (κ2) is 11.5. The third kappa shape index (κ3) is 6.31.